The van der Waals surface area contributed by atoms with E-state index in [0.717, 1.165) is 4.88 Å². The number of likely N-dealkylation sites (tertiary alicyclic amines) is 1. The van der Waals surface area contributed by atoms with Crippen LogP contribution in [-0.2, 0) is 16.8 Å². The lowest BCUT2D eigenvalue weighted by Crippen LogP contribution is -2.49. The molecule has 23 heavy (non-hydrogen) atoms. The number of nitrogen functional groups attached to an aromatic ring is 1. The minimum absolute atomic E-state index is 0.372. The fraction of sp³-hybridized carbons (Fsp3) is 0.727. The molecule has 1 aliphatic rings. The van der Waals surface area contributed by atoms with Gasteiger partial charge in [-0.1, -0.05) is 0 Å². The van der Waals surface area contributed by atoms with Crippen LogP contribution in [0.5, 0.6) is 0 Å². The number of thiazole rings is 1. The van der Waals surface area contributed by atoms with Gasteiger partial charge in [0.1, 0.15) is 6.54 Å². The standard InChI is InChI=1S/C11H18F3N5O2S2/c12-11(13,14)7-17-23(20,21)18-8-1-3-19(4-2-8)6-9-5-16-10(15)22-9/h5,8,17-18H,1-4,6-7H2,(H2,15,16). The van der Waals surface area contributed by atoms with Gasteiger partial charge >= 0.3 is 6.18 Å². The number of aromatic nitrogens is 1. The zero-order valence-electron chi connectivity index (χ0n) is 12.1. The van der Waals surface area contributed by atoms with Crippen molar-refractivity contribution in [2.24, 2.45) is 0 Å². The van der Waals surface area contributed by atoms with Gasteiger partial charge in [-0.15, -0.1) is 11.3 Å². The highest BCUT2D eigenvalue weighted by molar-refractivity contribution is 7.87. The van der Waals surface area contributed by atoms with Crippen LogP contribution in [0.1, 0.15) is 17.7 Å². The first-order chi connectivity index (χ1) is 10.6. The predicted molar refractivity (Wildman–Crippen MR) is 80.9 cm³/mol. The third-order valence-electron chi connectivity index (χ3n) is 3.32. The summed E-state index contributed by atoms with van der Waals surface area (Å²) < 4.78 is 63.0. The predicted octanol–water partition coefficient (Wildman–Crippen LogP) is 0.676. The maximum Gasteiger partial charge on any atom is 0.402 e. The Hall–Kier alpha value is -0.950. The number of alkyl halides is 3. The lowest BCUT2D eigenvalue weighted by molar-refractivity contribution is -0.121. The van der Waals surface area contributed by atoms with Crippen molar-refractivity contribution in [2.45, 2.75) is 31.6 Å². The lowest BCUT2D eigenvalue weighted by Gasteiger charge is -2.31. The van der Waals surface area contributed by atoms with Gasteiger partial charge in [0.15, 0.2) is 5.13 Å². The molecule has 1 aromatic heterocycles. The Labute approximate surface area is 136 Å². The molecule has 1 saturated heterocycles. The van der Waals surface area contributed by atoms with Crippen LogP contribution in [0, 0.1) is 0 Å². The molecule has 0 aliphatic carbocycles. The fourth-order valence-electron chi connectivity index (χ4n) is 2.26. The number of anilines is 1. The van der Waals surface area contributed by atoms with Gasteiger partial charge in [0.05, 0.1) is 0 Å². The van der Waals surface area contributed by atoms with E-state index in [-0.39, 0.29) is 6.04 Å². The fourth-order valence-corrected chi connectivity index (χ4v) is 4.10. The molecule has 132 valence electrons. The molecule has 7 nitrogen and oxygen atoms in total. The third-order valence-corrected chi connectivity index (χ3v) is 5.30. The minimum Gasteiger partial charge on any atom is -0.375 e. The van der Waals surface area contributed by atoms with E-state index in [2.05, 4.69) is 14.6 Å². The van der Waals surface area contributed by atoms with Crippen molar-refractivity contribution < 1.29 is 21.6 Å². The van der Waals surface area contributed by atoms with E-state index in [0.29, 0.717) is 37.6 Å². The largest absolute Gasteiger partial charge is 0.402 e. The summed E-state index contributed by atoms with van der Waals surface area (Å²) in [5.74, 6) is 0. The number of nitrogens with two attached hydrogens (primary N) is 1. The monoisotopic (exact) mass is 373 g/mol. The van der Waals surface area contributed by atoms with Crippen molar-refractivity contribution in [3.63, 3.8) is 0 Å². The summed E-state index contributed by atoms with van der Waals surface area (Å²) in [7, 11) is -4.15. The highest BCUT2D eigenvalue weighted by Gasteiger charge is 2.31. The second-order valence-electron chi connectivity index (χ2n) is 5.27. The molecule has 2 rings (SSSR count). The molecule has 0 spiro atoms. The van der Waals surface area contributed by atoms with E-state index in [1.807, 2.05) is 0 Å². The molecule has 0 aromatic carbocycles. The molecular formula is C11H18F3N5O2S2. The molecule has 1 aromatic rings. The Balaban J connectivity index is 1.75. The van der Waals surface area contributed by atoms with E-state index in [1.54, 1.807) is 6.20 Å². The van der Waals surface area contributed by atoms with Crippen LogP contribution in [-0.4, -0.2) is 50.2 Å². The molecule has 1 fully saturated rings. The number of halogens is 3. The zero-order chi connectivity index (χ0) is 17.1. The van der Waals surface area contributed by atoms with Gasteiger partial charge in [0.2, 0.25) is 0 Å². The number of rotatable bonds is 6. The van der Waals surface area contributed by atoms with Crippen molar-refractivity contribution in [1.82, 2.24) is 19.3 Å². The molecule has 0 amide bonds. The maximum atomic E-state index is 12.1. The normalized spacial score (nSPS) is 18.4. The van der Waals surface area contributed by atoms with Crippen molar-refractivity contribution >= 4 is 26.7 Å². The van der Waals surface area contributed by atoms with Crippen LogP contribution >= 0.6 is 11.3 Å². The minimum atomic E-state index is -4.57. The van der Waals surface area contributed by atoms with E-state index in [4.69, 9.17) is 5.73 Å². The summed E-state index contributed by atoms with van der Waals surface area (Å²) in [6.07, 6.45) is -1.81. The number of piperidine rings is 1. The molecule has 2 heterocycles. The lowest BCUT2D eigenvalue weighted by atomic mass is 10.1. The molecular weight excluding hydrogens is 355 g/mol. The van der Waals surface area contributed by atoms with Crippen molar-refractivity contribution in [3.8, 4) is 0 Å². The summed E-state index contributed by atoms with van der Waals surface area (Å²) in [5, 5.41) is 0.499. The topological polar surface area (TPSA) is 100 Å². The number of hydrogen-bond acceptors (Lipinski definition) is 6. The number of hydrogen-bond donors (Lipinski definition) is 3. The van der Waals surface area contributed by atoms with E-state index >= 15 is 0 Å². The van der Waals surface area contributed by atoms with Crippen molar-refractivity contribution in [1.29, 1.82) is 0 Å². The smallest absolute Gasteiger partial charge is 0.375 e. The third kappa shape index (κ3) is 6.59. The molecule has 0 saturated carbocycles. The zero-order valence-corrected chi connectivity index (χ0v) is 13.8. The van der Waals surface area contributed by atoms with Crippen molar-refractivity contribution in [3.05, 3.63) is 11.1 Å². The second-order valence-corrected chi connectivity index (χ2v) is 7.95. The van der Waals surface area contributed by atoms with Gasteiger partial charge < -0.3 is 5.73 Å². The molecule has 1 aliphatic heterocycles. The average molecular weight is 373 g/mol. The van der Waals surface area contributed by atoms with Crippen LogP contribution in [0.3, 0.4) is 0 Å². The molecule has 12 heteroatoms. The Morgan fingerprint density at radius 2 is 2.04 bits per heavy atom. The van der Waals surface area contributed by atoms with Crippen molar-refractivity contribution in [2.75, 3.05) is 25.4 Å². The Kier molecular flexibility index (Phi) is 5.84. The second kappa shape index (κ2) is 7.30. The van der Waals surface area contributed by atoms with Gasteiger partial charge in [-0.2, -0.15) is 31.0 Å². The van der Waals surface area contributed by atoms with E-state index < -0.39 is 22.9 Å². The molecule has 0 bridgehead atoms. The molecule has 4 N–H and O–H groups in total. The van der Waals surface area contributed by atoms with Crippen LogP contribution in [0.25, 0.3) is 0 Å². The van der Waals surface area contributed by atoms with E-state index in [9.17, 15) is 21.6 Å². The summed E-state index contributed by atoms with van der Waals surface area (Å²) in [4.78, 5) is 7.11. The summed E-state index contributed by atoms with van der Waals surface area (Å²) in [5.41, 5.74) is 5.56. The molecule has 0 unspecified atom stereocenters. The van der Waals surface area contributed by atoms with Gasteiger partial charge in [0.25, 0.3) is 10.2 Å². The van der Waals surface area contributed by atoms with Crippen LogP contribution < -0.4 is 15.2 Å². The van der Waals surface area contributed by atoms with Gasteiger partial charge in [0, 0.05) is 36.8 Å². The van der Waals surface area contributed by atoms with Gasteiger partial charge in [-0.25, -0.2) is 4.98 Å². The highest BCUT2D eigenvalue weighted by atomic mass is 32.2. The Bertz CT molecular complexity index is 611. The van der Waals surface area contributed by atoms with Crippen LogP contribution in [0.15, 0.2) is 6.20 Å². The number of nitrogens with zero attached hydrogens (tertiary/aromatic N) is 2. The first-order valence-corrected chi connectivity index (χ1v) is 9.19. The van der Waals surface area contributed by atoms with Gasteiger partial charge in [-0.05, 0) is 12.8 Å². The first kappa shape index (κ1) is 18.4. The number of nitrogens with one attached hydrogen (secondary N) is 2. The Morgan fingerprint density at radius 1 is 1.39 bits per heavy atom. The molecule has 0 radical (unpaired) electrons. The summed E-state index contributed by atoms with van der Waals surface area (Å²) in [6, 6.07) is -0.372. The molecule has 0 atom stereocenters. The van der Waals surface area contributed by atoms with E-state index in [1.165, 1.54) is 16.1 Å². The first-order valence-electron chi connectivity index (χ1n) is 6.89. The SMILES string of the molecule is Nc1ncc(CN2CCC(NS(=O)(=O)NCC(F)(F)F)CC2)s1. The maximum absolute atomic E-state index is 12.1. The van der Waals surface area contributed by atoms with Gasteiger partial charge in [-0.3, -0.25) is 4.90 Å². The Morgan fingerprint density at radius 3 is 2.57 bits per heavy atom. The summed E-state index contributed by atoms with van der Waals surface area (Å²) >= 11 is 1.40. The average Bonchev–Trinajstić information content (AvgIpc) is 2.83. The van der Waals surface area contributed by atoms with Crippen LogP contribution in [0.4, 0.5) is 18.3 Å². The summed E-state index contributed by atoms with van der Waals surface area (Å²) in [6.45, 7) is 0.392. The van der Waals surface area contributed by atoms with Crippen LogP contribution in [0.2, 0.25) is 0 Å². The quantitative estimate of drug-likeness (QED) is 0.681. The highest BCUT2D eigenvalue weighted by Crippen LogP contribution is 2.19.